The lowest BCUT2D eigenvalue weighted by Crippen LogP contribution is -2.54. The molecule has 6 rings (SSSR count). The van der Waals surface area contributed by atoms with Gasteiger partial charge in [-0.25, -0.2) is 9.69 Å². The first kappa shape index (κ1) is 24.0. The van der Waals surface area contributed by atoms with Crippen LogP contribution in [0.25, 0.3) is 17.0 Å². The average Bonchev–Trinajstić information content (AvgIpc) is 3.51. The molecular weight excluding hydrogens is 500 g/mol. The van der Waals surface area contributed by atoms with Gasteiger partial charge in [0.1, 0.15) is 12.1 Å². The van der Waals surface area contributed by atoms with E-state index in [2.05, 4.69) is 10.6 Å². The molecular formula is C29H22N4O6. The maximum atomic E-state index is 13.4. The van der Waals surface area contributed by atoms with Crippen LogP contribution in [0.15, 0.2) is 78.5 Å². The summed E-state index contributed by atoms with van der Waals surface area (Å²) in [6.07, 6.45) is 3.14. The smallest absolute Gasteiger partial charge is 0.335 e. The number of aryl methyl sites for hydroxylation is 1. The van der Waals surface area contributed by atoms with Gasteiger partial charge in [-0.2, -0.15) is 0 Å². The Morgan fingerprint density at radius 3 is 2.67 bits per heavy atom. The molecule has 1 saturated heterocycles. The van der Waals surface area contributed by atoms with Gasteiger partial charge in [-0.15, -0.1) is 0 Å². The average molecular weight is 523 g/mol. The van der Waals surface area contributed by atoms with Crippen molar-refractivity contribution < 1.29 is 28.7 Å². The number of carbonyl (C=O) groups excluding carboxylic acids is 4. The van der Waals surface area contributed by atoms with Crippen molar-refractivity contribution in [2.24, 2.45) is 0 Å². The molecule has 4 aromatic rings. The Bertz CT molecular complexity index is 1720. The maximum absolute atomic E-state index is 13.4. The molecule has 2 aliphatic rings. The minimum absolute atomic E-state index is 0.0135. The highest BCUT2D eigenvalue weighted by Crippen LogP contribution is 2.36. The van der Waals surface area contributed by atoms with Crippen LogP contribution < -0.4 is 25.0 Å². The topological polar surface area (TPSA) is 119 Å². The highest BCUT2D eigenvalue weighted by Gasteiger charge is 2.37. The molecule has 0 aliphatic carbocycles. The first-order valence-electron chi connectivity index (χ1n) is 12.1. The molecule has 39 heavy (non-hydrogen) atoms. The van der Waals surface area contributed by atoms with E-state index in [4.69, 9.17) is 9.47 Å². The van der Waals surface area contributed by atoms with Crippen molar-refractivity contribution >= 4 is 52.1 Å². The van der Waals surface area contributed by atoms with Crippen molar-refractivity contribution in [3.05, 3.63) is 89.6 Å². The van der Waals surface area contributed by atoms with Crippen LogP contribution in [0, 0.1) is 6.92 Å². The summed E-state index contributed by atoms with van der Waals surface area (Å²) in [6.45, 7) is 1.99. The Balaban J connectivity index is 1.32. The van der Waals surface area contributed by atoms with Gasteiger partial charge in [0, 0.05) is 34.4 Å². The lowest BCUT2D eigenvalue weighted by atomic mass is 10.1. The van der Waals surface area contributed by atoms with E-state index in [1.165, 1.54) is 18.2 Å². The van der Waals surface area contributed by atoms with E-state index in [1.807, 2.05) is 55.5 Å². The van der Waals surface area contributed by atoms with E-state index in [-0.39, 0.29) is 30.5 Å². The summed E-state index contributed by atoms with van der Waals surface area (Å²) >= 11 is 0. The summed E-state index contributed by atoms with van der Waals surface area (Å²) in [5.41, 5.74) is 3.02. The number of nitrogens with zero attached hydrogens (tertiary/aromatic N) is 2. The number of urea groups is 1. The number of fused-ring (bicyclic) bond motifs is 2. The maximum Gasteiger partial charge on any atom is 0.335 e. The molecule has 194 valence electrons. The minimum Gasteiger partial charge on any atom is -0.454 e. The number of amides is 5. The highest BCUT2D eigenvalue weighted by atomic mass is 16.7. The lowest BCUT2D eigenvalue weighted by molar-refractivity contribution is -0.122. The Morgan fingerprint density at radius 2 is 1.82 bits per heavy atom. The molecule has 1 aromatic heterocycles. The van der Waals surface area contributed by atoms with Crippen molar-refractivity contribution in [1.82, 2.24) is 9.88 Å². The number of barbiturate groups is 1. The number of anilines is 2. The zero-order valence-corrected chi connectivity index (χ0v) is 20.8. The number of benzene rings is 3. The molecule has 0 unspecified atom stereocenters. The van der Waals surface area contributed by atoms with E-state index in [1.54, 1.807) is 16.8 Å². The Kier molecular flexibility index (Phi) is 5.84. The quantitative estimate of drug-likeness (QED) is 0.302. The number of ether oxygens (including phenoxy) is 2. The van der Waals surface area contributed by atoms with Crippen LogP contribution in [-0.2, 0) is 20.9 Å². The second-order valence-corrected chi connectivity index (χ2v) is 9.14. The summed E-state index contributed by atoms with van der Waals surface area (Å²) in [5.74, 6) is -0.934. The number of rotatable bonds is 5. The number of nitrogens with one attached hydrogen (secondary N) is 2. The normalized spacial score (nSPS) is 15.7. The van der Waals surface area contributed by atoms with Gasteiger partial charge in [0.05, 0.1) is 5.69 Å². The summed E-state index contributed by atoms with van der Waals surface area (Å²) < 4.78 is 12.4. The number of para-hydroxylation sites is 1. The minimum atomic E-state index is -0.865. The van der Waals surface area contributed by atoms with E-state index in [0.717, 1.165) is 21.4 Å². The van der Waals surface area contributed by atoms with Gasteiger partial charge < -0.3 is 19.4 Å². The molecule has 5 amide bonds. The van der Waals surface area contributed by atoms with Gasteiger partial charge >= 0.3 is 6.03 Å². The summed E-state index contributed by atoms with van der Waals surface area (Å²) in [5, 5.41) is 5.86. The number of aromatic nitrogens is 1. The molecule has 0 spiro atoms. The third-order valence-electron chi connectivity index (χ3n) is 6.45. The van der Waals surface area contributed by atoms with E-state index < -0.39 is 17.8 Å². The Morgan fingerprint density at radius 1 is 1.00 bits per heavy atom. The molecule has 10 heteroatoms. The van der Waals surface area contributed by atoms with Gasteiger partial charge in [0.15, 0.2) is 11.5 Å². The summed E-state index contributed by atoms with van der Waals surface area (Å²) in [4.78, 5) is 52.6. The van der Waals surface area contributed by atoms with Crippen LogP contribution >= 0.6 is 0 Å². The van der Waals surface area contributed by atoms with Gasteiger partial charge in [0.2, 0.25) is 12.7 Å². The summed E-state index contributed by atoms with van der Waals surface area (Å²) in [7, 11) is 0. The predicted molar refractivity (Wildman–Crippen MR) is 143 cm³/mol. The van der Waals surface area contributed by atoms with Crippen LogP contribution in [0.2, 0.25) is 0 Å². The van der Waals surface area contributed by atoms with Crippen molar-refractivity contribution in [3.8, 4) is 11.5 Å². The molecule has 3 heterocycles. The standard InChI is InChI=1S/C29H22N4O6/c1-17-5-4-6-19(11-17)30-26(34)15-32-14-18(21-7-2-3-8-23(21)32)12-22-27(35)31-29(37)33(28(22)36)20-9-10-24-25(13-20)39-16-38-24/h2-14H,15-16H2,1H3,(H,30,34)(H,31,35,37)/b22-12+. The second kappa shape index (κ2) is 9.49. The fourth-order valence-electron chi connectivity index (χ4n) is 4.67. The number of carbonyl (C=O) groups is 4. The zero-order chi connectivity index (χ0) is 27.1. The van der Waals surface area contributed by atoms with E-state index in [9.17, 15) is 19.2 Å². The molecule has 0 atom stereocenters. The molecule has 0 bridgehead atoms. The Labute approximate surface area is 222 Å². The SMILES string of the molecule is Cc1cccc(NC(=O)Cn2cc(/C=C3\C(=O)NC(=O)N(c4ccc5c(c4)OCO5)C3=O)c3ccccc32)c1. The molecule has 1 fully saturated rings. The zero-order valence-electron chi connectivity index (χ0n) is 20.8. The van der Waals surface area contributed by atoms with Gasteiger partial charge in [-0.05, 0) is 48.9 Å². The first-order chi connectivity index (χ1) is 18.9. The van der Waals surface area contributed by atoms with Crippen molar-refractivity contribution in [2.45, 2.75) is 13.5 Å². The largest absolute Gasteiger partial charge is 0.454 e. The van der Waals surface area contributed by atoms with Crippen molar-refractivity contribution in [2.75, 3.05) is 17.0 Å². The van der Waals surface area contributed by atoms with E-state index >= 15 is 0 Å². The molecule has 2 N–H and O–H groups in total. The van der Waals surface area contributed by atoms with Crippen molar-refractivity contribution in [3.63, 3.8) is 0 Å². The summed E-state index contributed by atoms with van der Waals surface area (Å²) in [6, 6.07) is 18.6. The number of imide groups is 2. The van der Waals surface area contributed by atoms with Crippen LogP contribution in [0.5, 0.6) is 11.5 Å². The predicted octanol–water partition coefficient (Wildman–Crippen LogP) is 3.98. The van der Waals surface area contributed by atoms with Crippen LogP contribution in [0.4, 0.5) is 16.2 Å². The number of hydrogen-bond donors (Lipinski definition) is 2. The highest BCUT2D eigenvalue weighted by molar-refractivity contribution is 6.39. The Hall–Kier alpha value is -5.38. The molecule has 3 aromatic carbocycles. The van der Waals surface area contributed by atoms with Crippen LogP contribution in [0.3, 0.4) is 0 Å². The second-order valence-electron chi connectivity index (χ2n) is 9.14. The molecule has 0 saturated carbocycles. The molecule has 2 aliphatic heterocycles. The molecule has 0 radical (unpaired) electrons. The van der Waals surface area contributed by atoms with Gasteiger partial charge in [0.25, 0.3) is 11.8 Å². The third-order valence-corrected chi connectivity index (χ3v) is 6.45. The monoisotopic (exact) mass is 522 g/mol. The van der Waals surface area contributed by atoms with Gasteiger partial charge in [-0.3, -0.25) is 19.7 Å². The first-order valence-corrected chi connectivity index (χ1v) is 12.1. The third kappa shape index (κ3) is 4.48. The van der Waals surface area contributed by atoms with Gasteiger partial charge in [-0.1, -0.05) is 30.3 Å². The molecule has 10 nitrogen and oxygen atoms in total. The fourth-order valence-corrected chi connectivity index (χ4v) is 4.67. The lowest BCUT2D eigenvalue weighted by Gasteiger charge is -2.26. The van der Waals surface area contributed by atoms with Crippen LogP contribution in [-0.4, -0.2) is 35.1 Å². The van der Waals surface area contributed by atoms with Crippen molar-refractivity contribution in [1.29, 1.82) is 0 Å². The fraction of sp³-hybridized carbons (Fsp3) is 0.103. The number of hydrogen-bond acceptors (Lipinski definition) is 6. The van der Waals surface area contributed by atoms with Crippen LogP contribution in [0.1, 0.15) is 11.1 Å². The van der Waals surface area contributed by atoms with E-state index in [0.29, 0.717) is 22.7 Å².